The number of rotatable bonds is 5. The molecule has 0 fully saturated rings. The van der Waals surface area contributed by atoms with Gasteiger partial charge in [-0.3, -0.25) is 0 Å². The molecule has 2 aromatic rings. The second-order valence-corrected chi connectivity index (χ2v) is 6.50. The molecule has 6 heteroatoms. The van der Waals surface area contributed by atoms with Gasteiger partial charge in [-0.05, 0) is 35.4 Å². The molecule has 2 aromatic carbocycles. The lowest BCUT2D eigenvalue weighted by molar-refractivity contribution is 0.581. The normalized spacial score (nSPS) is 11.5. The molecule has 0 unspecified atom stereocenters. The highest BCUT2D eigenvalue weighted by Crippen LogP contribution is 2.14. The van der Waals surface area contributed by atoms with Crippen molar-refractivity contribution in [2.75, 3.05) is 0 Å². The zero-order chi connectivity index (χ0) is 14.6. The standard InChI is InChI=1S/C14H15ClN2O2S/c15-13-5-7-14(8-6-13)20(18,19)17-10-12-3-1-11(9-16)2-4-12/h1-8,17H,9-10,16H2. The largest absolute Gasteiger partial charge is 0.326 e. The Kier molecular flexibility index (Phi) is 4.77. The Hall–Kier alpha value is -1.40. The van der Waals surface area contributed by atoms with E-state index in [1.54, 1.807) is 12.1 Å². The van der Waals surface area contributed by atoms with Crippen molar-refractivity contribution in [1.29, 1.82) is 0 Å². The molecular formula is C14H15ClN2O2S. The smallest absolute Gasteiger partial charge is 0.240 e. The second kappa shape index (κ2) is 6.37. The molecule has 0 radical (unpaired) electrons. The lowest BCUT2D eigenvalue weighted by Crippen LogP contribution is -2.23. The first-order chi connectivity index (χ1) is 9.51. The summed E-state index contributed by atoms with van der Waals surface area (Å²) in [7, 11) is -3.52. The summed E-state index contributed by atoms with van der Waals surface area (Å²) in [6, 6.07) is 13.5. The zero-order valence-corrected chi connectivity index (χ0v) is 12.3. The number of sulfonamides is 1. The molecule has 4 nitrogen and oxygen atoms in total. The van der Waals surface area contributed by atoms with Crippen LogP contribution in [0.5, 0.6) is 0 Å². The van der Waals surface area contributed by atoms with Gasteiger partial charge < -0.3 is 5.73 Å². The van der Waals surface area contributed by atoms with Gasteiger partial charge in [0.2, 0.25) is 10.0 Å². The van der Waals surface area contributed by atoms with Crippen molar-refractivity contribution in [3.63, 3.8) is 0 Å². The molecule has 0 amide bonds. The summed E-state index contributed by atoms with van der Waals surface area (Å²) >= 11 is 5.74. The SMILES string of the molecule is NCc1ccc(CNS(=O)(=O)c2ccc(Cl)cc2)cc1. The molecule has 0 spiro atoms. The van der Waals surface area contributed by atoms with Crippen molar-refractivity contribution in [3.05, 3.63) is 64.7 Å². The van der Waals surface area contributed by atoms with E-state index in [0.29, 0.717) is 11.6 Å². The third-order valence-corrected chi connectivity index (χ3v) is 4.52. The van der Waals surface area contributed by atoms with Gasteiger partial charge in [-0.1, -0.05) is 35.9 Å². The highest BCUT2D eigenvalue weighted by molar-refractivity contribution is 7.89. The molecular weight excluding hydrogens is 296 g/mol. The molecule has 0 heterocycles. The quantitative estimate of drug-likeness (QED) is 0.890. The van der Waals surface area contributed by atoms with Crippen molar-refractivity contribution in [2.45, 2.75) is 18.0 Å². The van der Waals surface area contributed by atoms with Crippen LogP contribution in [0.4, 0.5) is 0 Å². The van der Waals surface area contributed by atoms with E-state index in [0.717, 1.165) is 11.1 Å². The Morgan fingerprint density at radius 2 is 1.50 bits per heavy atom. The van der Waals surface area contributed by atoms with E-state index in [9.17, 15) is 8.42 Å². The molecule has 0 bridgehead atoms. The predicted octanol–water partition coefficient (Wildman–Crippen LogP) is 2.28. The second-order valence-electron chi connectivity index (χ2n) is 4.30. The zero-order valence-electron chi connectivity index (χ0n) is 10.7. The lowest BCUT2D eigenvalue weighted by atomic mass is 10.1. The number of hydrogen-bond donors (Lipinski definition) is 2. The van der Waals surface area contributed by atoms with Crippen molar-refractivity contribution >= 4 is 21.6 Å². The van der Waals surface area contributed by atoms with Gasteiger partial charge in [0.1, 0.15) is 0 Å². The maximum Gasteiger partial charge on any atom is 0.240 e. The van der Waals surface area contributed by atoms with Crippen LogP contribution in [0.3, 0.4) is 0 Å². The van der Waals surface area contributed by atoms with Crippen LogP contribution < -0.4 is 10.5 Å². The van der Waals surface area contributed by atoms with Gasteiger partial charge in [0.15, 0.2) is 0 Å². The molecule has 0 atom stereocenters. The molecule has 106 valence electrons. The van der Waals surface area contributed by atoms with Crippen LogP contribution in [0.2, 0.25) is 5.02 Å². The summed E-state index contributed by atoms with van der Waals surface area (Å²) in [6.45, 7) is 0.701. The third kappa shape index (κ3) is 3.80. The van der Waals surface area contributed by atoms with E-state index in [1.165, 1.54) is 12.1 Å². The van der Waals surface area contributed by atoms with E-state index < -0.39 is 10.0 Å². The molecule has 20 heavy (non-hydrogen) atoms. The molecule has 0 saturated carbocycles. The van der Waals surface area contributed by atoms with Crippen LogP contribution in [0.25, 0.3) is 0 Å². The molecule has 0 saturated heterocycles. The minimum Gasteiger partial charge on any atom is -0.326 e. The Balaban J connectivity index is 2.06. The average molecular weight is 311 g/mol. The van der Waals surface area contributed by atoms with Gasteiger partial charge >= 0.3 is 0 Å². The summed E-state index contributed by atoms with van der Waals surface area (Å²) < 4.78 is 26.7. The number of nitrogens with two attached hydrogens (primary N) is 1. The summed E-state index contributed by atoms with van der Waals surface area (Å²) in [5.41, 5.74) is 7.39. The molecule has 3 N–H and O–H groups in total. The summed E-state index contributed by atoms with van der Waals surface area (Å²) in [4.78, 5) is 0.195. The van der Waals surface area contributed by atoms with Crippen molar-refractivity contribution in [1.82, 2.24) is 4.72 Å². The van der Waals surface area contributed by atoms with Crippen molar-refractivity contribution in [3.8, 4) is 0 Å². The van der Waals surface area contributed by atoms with Crippen molar-refractivity contribution in [2.24, 2.45) is 5.73 Å². The topological polar surface area (TPSA) is 72.2 Å². The lowest BCUT2D eigenvalue weighted by Gasteiger charge is -2.07. The maximum atomic E-state index is 12.1. The van der Waals surface area contributed by atoms with E-state index >= 15 is 0 Å². The van der Waals surface area contributed by atoms with Crippen LogP contribution in [0.15, 0.2) is 53.4 Å². The van der Waals surface area contributed by atoms with Gasteiger partial charge in [0, 0.05) is 18.1 Å². The molecule has 2 rings (SSSR count). The highest BCUT2D eigenvalue weighted by atomic mass is 35.5. The fraction of sp³-hybridized carbons (Fsp3) is 0.143. The first-order valence-electron chi connectivity index (χ1n) is 6.04. The number of halogens is 1. The van der Waals surface area contributed by atoms with E-state index in [4.69, 9.17) is 17.3 Å². The van der Waals surface area contributed by atoms with Gasteiger partial charge in [0.25, 0.3) is 0 Å². The van der Waals surface area contributed by atoms with Crippen LogP contribution >= 0.6 is 11.6 Å². The van der Waals surface area contributed by atoms with Crippen LogP contribution in [0, 0.1) is 0 Å². The first kappa shape index (κ1) is 15.0. The van der Waals surface area contributed by atoms with E-state index in [1.807, 2.05) is 24.3 Å². The van der Waals surface area contributed by atoms with Gasteiger partial charge in [-0.2, -0.15) is 0 Å². The Morgan fingerprint density at radius 3 is 2.05 bits per heavy atom. The number of nitrogens with one attached hydrogen (secondary N) is 1. The van der Waals surface area contributed by atoms with Crippen LogP contribution in [-0.4, -0.2) is 8.42 Å². The van der Waals surface area contributed by atoms with Crippen molar-refractivity contribution < 1.29 is 8.42 Å². The van der Waals surface area contributed by atoms with Gasteiger partial charge in [-0.25, -0.2) is 13.1 Å². The monoisotopic (exact) mass is 310 g/mol. The van der Waals surface area contributed by atoms with Gasteiger partial charge in [-0.15, -0.1) is 0 Å². The Labute approximate surface area is 123 Å². The molecule has 0 aliphatic heterocycles. The third-order valence-electron chi connectivity index (χ3n) is 2.85. The fourth-order valence-corrected chi connectivity index (χ4v) is 2.81. The average Bonchev–Trinajstić information content (AvgIpc) is 2.46. The van der Waals surface area contributed by atoms with Gasteiger partial charge in [0.05, 0.1) is 4.90 Å². The van der Waals surface area contributed by atoms with E-state index in [-0.39, 0.29) is 11.4 Å². The summed E-state index contributed by atoms with van der Waals surface area (Å²) in [5.74, 6) is 0. The highest BCUT2D eigenvalue weighted by Gasteiger charge is 2.13. The summed E-state index contributed by atoms with van der Waals surface area (Å²) in [5, 5.41) is 0.501. The summed E-state index contributed by atoms with van der Waals surface area (Å²) in [6.07, 6.45) is 0. The number of benzene rings is 2. The van der Waals surface area contributed by atoms with Crippen LogP contribution in [-0.2, 0) is 23.1 Å². The first-order valence-corrected chi connectivity index (χ1v) is 7.90. The number of hydrogen-bond acceptors (Lipinski definition) is 3. The Bertz CT molecular complexity index is 667. The Morgan fingerprint density at radius 1 is 0.950 bits per heavy atom. The minimum atomic E-state index is -3.52. The molecule has 0 aliphatic carbocycles. The predicted molar refractivity (Wildman–Crippen MR) is 79.8 cm³/mol. The fourth-order valence-electron chi connectivity index (χ4n) is 1.67. The minimum absolute atomic E-state index is 0.195. The molecule has 0 aromatic heterocycles. The van der Waals surface area contributed by atoms with E-state index in [2.05, 4.69) is 4.72 Å². The maximum absolute atomic E-state index is 12.1. The molecule has 0 aliphatic rings. The van der Waals surface area contributed by atoms with Crippen LogP contribution in [0.1, 0.15) is 11.1 Å².